The fourth-order valence-electron chi connectivity index (χ4n) is 17.8. The van der Waals surface area contributed by atoms with Gasteiger partial charge in [0.15, 0.2) is 10.9 Å². The number of unbranched alkanes of at least 4 members (excludes halogenated alkanes) is 1. The number of carboxylic acids is 1. The normalized spacial score (nSPS) is 15.4. The van der Waals surface area contributed by atoms with E-state index >= 15 is 0 Å². The molecule has 12 N–H and O–H groups in total. The van der Waals surface area contributed by atoms with Crippen LogP contribution >= 0.6 is 100.0 Å². The van der Waals surface area contributed by atoms with Crippen molar-refractivity contribution in [3.05, 3.63) is 222 Å². The number of piperidine rings is 1. The van der Waals surface area contributed by atoms with Gasteiger partial charge in [-0.2, -0.15) is 6.42 Å². The Morgan fingerprint density at radius 1 is 0.530 bits per heavy atom. The number of halogens is 4. The SMILES string of the molecule is Brc1cnc2ccccc2c1.CCO.CI.CNOC.COC(=O)/C=C(\c1cnc2ccccc2c1)C1CCCCC1.COC(=O)CC(c1cnc2ccccc2c1)C1CCCCC1.COC(=O)CC(c1cnc2ccccc2c1)C1CCNCC1.CON(C)C(=O)C1CCCCC1.Cl.Cl.NCC(O)CN.O=C(O)C1CCCCC1.O=C(c1cnc2ccccc2c1)C1CCCCC1.OC1CNC(=S)NC1.S=C=S.[CH2-]CCC.[Li+]. The van der Waals surface area contributed by atoms with E-state index in [-0.39, 0.29) is 129 Å². The second-order valence-corrected chi connectivity index (χ2v) is 38.1. The number of aliphatic hydroxyl groups is 3. The van der Waals surface area contributed by atoms with Crippen molar-refractivity contribution in [3.8, 4) is 0 Å². The number of allylic oxidation sites excluding steroid dienone is 1. The molecule has 2 unspecified atom stereocenters. The Balaban J connectivity index is 0.000000839. The predicted molar refractivity (Wildman–Crippen MR) is 628 cm³/mol. The first-order chi connectivity index (χ1) is 70.8. The number of para-hydroxylation sites is 5. The van der Waals surface area contributed by atoms with Gasteiger partial charge in [-0.05, 0) is 267 Å². The molecule has 27 nitrogen and oxygen atoms in total. The van der Waals surface area contributed by atoms with Crippen LogP contribution in [0, 0.1) is 42.4 Å². The number of ketones is 1. The number of methoxy groups -OCH3 is 3. The first kappa shape index (κ1) is 139. The molecule has 7 heterocycles. The number of pyridine rings is 5. The Labute approximate surface area is 947 Å². The number of amides is 1. The molecule has 0 spiro atoms. The number of thiocarbonyl (C=S) groups is 3. The monoisotopic (exact) mass is 2320 g/mol. The summed E-state index contributed by atoms with van der Waals surface area (Å²) in [7, 11) is 10.8. The van der Waals surface area contributed by atoms with Gasteiger partial charge in [0.1, 0.15) is 0 Å². The first-order valence-corrected chi connectivity index (χ1v) is 55.4. The number of aliphatic hydroxyl groups excluding tert-OH is 3. The van der Waals surface area contributed by atoms with Crippen molar-refractivity contribution >= 4 is 205 Å². The number of carbonyl (C=O) groups is 6. The zero-order chi connectivity index (χ0) is 107. The van der Waals surface area contributed by atoms with Gasteiger partial charge in [0.2, 0.25) is 5.91 Å². The molecule has 2 saturated heterocycles. The Morgan fingerprint density at radius 3 is 1.20 bits per heavy atom. The van der Waals surface area contributed by atoms with Crippen LogP contribution < -0.4 is 51.8 Å². The summed E-state index contributed by atoms with van der Waals surface area (Å²) in [4.78, 5) is 103. The fraction of sp³-hybridized carbons (Fsp3) is 0.509. The molecule has 1 amide bonds. The Hall–Kier alpha value is -8.15. The molecule has 5 aliphatic carbocycles. The number of fused-ring (bicyclic) bond motifs is 5. The molecule has 7 aliphatic rings. The summed E-state index contributed by atoms with van der Waals surface area (Å²) in [5, 5.41) is 49.9. The minimum Gasteiger partial charge on any atom is -0.481 e. The van der Waals surface area contributed by atoms with Crippen molar-refractivity contribution in [1.29, 1.82) is 0 Å². The van der Waals surface area contributed by atoms with Crippen molar-refractivity contribution < 1.29 is 91.9 Å². The number of esters is 3. The smallest absolute Gasteiger partial charge is 0.481 e. The Bertz CT molecular complexity index is 5310. The summed E-state index contributed by atoms with van der Waals surface area (Å²) >= 11 is 18.2. The van der Waals surface area contributed by atoms with Gasteiger partial charge in [-0.3, -0.25) is 53.7 Å². The van der Waals surface area contributed by atoms with E-state index < -0.39 is 12.1 Å². The summed E-state index contributed by atoms with van der Waals surface area (Å²) in [6.45, 7) is 11.4. The Morgan fingerprint density at radius 2 is 0.859 bits per heavy atom. The molecule has 0 radical (unpaired) electrons. The number of nitrogens with one attached hydrogen (secondary N) is 4. The topological polar surface area (TPSA) is 397 Å². The number of alkyl halides is 1. The van der Waals surface area contributed by atoms with Crippen LogP contribution in [0.5, 0.6) is 0 Å². The standard InChI is InChI=1S/C19H23NO2.C19H21NO2.C18H22N2O2.C16H17NO.C9H6BrN.C9H17NO2.C7H12O2.C4H8N2OS.C4H9.C3H10N2O.C2H7NO.C2H6O.CH3I.CS2.2ClH.Li/c2*1-22-19(21)12-17(14-7-3-2-4-8-14)16-11-15-9-5-6-10-18(15)20-13-16;1-22-18(21)11-16(13-6-8-19-9-7-13)15-10-14-4-2-3-5-17(14)20-12-15;18-16(12-6-2-1-3-7-12)14-10-13-8-4-5-9-15(13)17-11-14;10-8-5-7-3-1-2-4-9(7)11-6-8;1-10(12-2)9(11)8-6-4-3-5-7-8;8-7(9)6-4-2-1-3-5-6;7-3-1-5-4(8)6-2-3;1-3-4-2;4-1-3(6)2-5;1-3-4-2;1-2-3;1-2;2-1-3;;;/h5-6,9-11,13-14,17H,2-4,7-8,12H2,1H3;5-6,9-14H,2-4,7-8H2,1H3;2-5,10,12-13,16,19H,6-9,11H2,1H3;4-5,8-12H,1-3,6-7H2;1-6H;8H,3-7H2,1-2H3;6H,1-5H2,(H,8,9);3,7H,1-2H2,(H2,5,6,8);1,3-4H2,2H3;3,6H,1-2,4-5H2;3H,1-2H3;3H,2H2,1H3;1H3;;2*1H;/q;;;;;;;;-1;;;;;;;;+1/b;17-12-;;;;;;;;;;;;;;;. The molecule has 10 aromatic rings. The number of carboxylic acid groups (broad SMARTS) is 1. The molecule has 0 bridgehead atoms. The van der Waals surface area contributed by atoms with E-state index in [9.17, 15) is 28.8 Å². The maximum atomic E-state index is 12.4. The van der Waals surface area contributed by atoms with E-state index in [0.717, 1.165) is 172 Å². The molecule has 2 aliphatic heterocycles. The molecular weight excluding hydrogens is 2160 g/mol. The zero-order valence-corrected chi connectivity index (χ0v) is 97.0. The Kier molecular flexibility index (Phi) is 79.4. The number of hydroxylamine groups is 3. The number of nitrogens with two attached hydrogens (primary N) is 2. The molecule has 35 heteroatoms. The van der Waals surface area contributed by atoms with Crippen molar-refractivity contribution in [2.75, 3.05) is 100 Å². The van der Waals surface area contributed by atoms with Gasteiger partial charge < -0.3 is 73.8 Å². The molecule has 7 fully saturated rings. The van der Waals surface area contributed by atoms with Crippen molar-refractivity contribution in [1.82, 2.24) is 51.4 Å². The van der Waals surface area contributed by atoms with Crippen LogP contribution in [0.2, 0.25) is 0 Å². The van der Waals surface area contributed by atoms with Crippen molar-refractivity contribution in [3.63, 3.8) is 0 Å². The summed E-state index contributed by atoms with van der Waals surface area (Å²) in [6, 6.07) is 50.9. The molecule has 2 atom stereocenters. The van der Waals surface area contributed by atoms with Crippen LogP contribution in [0.1, 0.15) is 252 Å². The van der Waals surface area contributed by atoms with E-state index in [1.807, 2.05) is 143 Å². The average Bonchev–Trinajstić information content (AvgIpc) is 0.818. The molecule has 17 rings (SSSR count). The van der Waals surface area contributed by atoms with E-state index in [1.165, 1.54) is 147 Å². The number of nitrogens with zero attached hydrogens (tertiary/aromatic N) is 6. The van der Waals surface area contributed by atoms with Gasteiger partial charge in [0.05, 0.1) is 94.1 Å². The summed E-state index contributed by atoms with van der Waals surface area (Å²) in [6.07, 6.45) is 44.5. The quantitative estimate of drug-likeness (QED) is 0.00324. The van der Waals surface area contributed by atoms with E-state index in [2.05, 4.69) is 170 Å². The number of Topliss-reactive ketones (excluding diaryl/α,β-unsaturated/α-hetero) is 1. The number of benzene rings is 5. The minimum atomic E-state index is -0.602. The van der Waals surface area contributed by atoms with Crippen LogP contribution in [0.4, 0.5) is 0 Å². The van der Waals surface area contributed by atoms with Gasteiger partial charge in [-0.15, -0.1) is 24.8 Å². The fourth-order valence-corrected chi connectivity index (χ4v) is 18.3. The molecule has 5 aromatic heterocycles. The summed E-state index contributed by atoms with van der Waals surface area (Å²) < 4.78 is 17.6. The number of aliphatic carboxylic acids is 1. The predicted octanol–water partition coefficient (Wildman–Crippen LogP) is 20.3. The molecular formula is C114H163BrCl2ILiN12O15S3. The van der Waals surface area contributed by atoms with Crippen LogP contribution in [-0.4, -0.2) is 208 Å². The van der Waals surface area contributed by atoms with Crippen LogP contribution in [0.3, 0.4) is 0 Å². The number of β-amino-alcohol motifs (C(OH)–C–C–N with tert-alkyl or cyclic N) is 1. The molecule has 149 heavy (non-hydrogen) atoms. The molecule has 816 valence electrons. The van der Waals surface area contributed by atoms with Gasteiger partial charge >= 0.3 is 42.7 Å². The minimum absolute atomic E-state index is 0. The van der Waals surface area contributed by atoms with Crippen LogP contribution in [-0.2, 0) is 47.9 Å². The van der Waals surface area contributed by atoms with Crippen LogP contribution in [0.25, 0.3) is 60.1 Å². The van der Waals surface area contributed by atoms with E-state index in [1.54, 1.807) is 40.4 Å². The number of ether oxygens (including phenoxy) is 3. The molecule has 5 aromatic carbocycles. The van der Waals surface area contributed by atoms with Crippen molar-refractivity contribution in [2.24, 2.45) is 47.0 Å². The third kappa shape index (κ3) is 55.0. The van der Waals surface area contributed by atoms with Gasteiger partial charge in [0.25, 0.3) is 0 Å². The second-order valence-electron chi connectivity index (χ2n) is 36.1. The van der Waals surface area contributed by atoms with Gasteiger partial charge in [-0.1, -0.05) is 223 Å². The number of carbonyl (C=O) groups excluding carboxylic acids is 5. The summed E-state index contributed by atoms with van der Waals surface area (Å²) in [5.74, 6) is 1.59. The van der Waals surface area contributed by atoms with Crippen LogP contribution in [0.15, 0.2) is 193 Å². The number of hydrogen-bond donors (Lipinski definition) is 10. The maximum absolute atomic E-state index is 12.4. The molecule has 5 saturated carbocycles. The average molecular weight is 2320 g/mol. The third-order valence-corrected chi connectivity index (χ3v) is 26.6. The van der Waals surface area contributed by atoms with Gasteiger partial charge in [0, 0.05) is 137 Å². The number of hydrogen-bond acceptors (Lipinski definition) is 26. The second kappa shape index (κ2) is 85.2. The third-order valence-electron chi connectivity index (χ3n) is 25.9. The maximum Gasteiger partial charge on any atom is 1.00 e. The zero-order valence-electron chi connectivity index (χ0n) is 89.2. The van der Waals surface area contributed by atoms with Gasteiger partial charge in [-0.25, -0.2) is 15.3 Å². The largest absolute Gasteiger partial charge is 1.00 e. The number of rotatable bonds is 20. The summed E-state index contributed by atoms with van der Waals surface area (Å²) in [5.41, 5.74) is 22.5. The van der Waals surface area contributed by atoms with E-state index in [0.29, 0.717) is 48.8 Å². The number of aromatic nitrogens is 5. The van der Waals surface area contributed by atoms with Crippen molar-refractivity contribution in [2.45, 2.75) is 237 Å². The first-order valence-electron chi connectivity index (χ1n) is 51.2. The van der Waals surface area contributed by atoms with E-state index in [4.69, 9.17) is 63.2 Å².